The van der Waals surface area contributed by atoms with Crippen molar-refractivity contribution in [3.05, 3.63) is 22.5 Å². The van der Waals surface area contributed by atoms with Gasteiger partial charge in [-0.05, 0) is 44.6 Å². The molecule has 1 aliphatic carbocycles. The van der Waals surface area contributed by atoms with Crippen LogP contribution in [0.2, 0.25) is 0 Å². The van der Waals surface area contributed by atoms with Crippen molar-refractivity contribution in [1.29, 1.82) is 0 Å². The molecule has 2 rings (SSSR count). The van der Waals surface area contributed by atoms with Crippen molar-refractivity contribution in [2.45, 2.75) is 66.2 Å². The van der Waals surface area contributed by atoms with Gasteiger partial charge >= 0.3 is 5.97 Å². The summed E-state index contributed by atoms with van der Waals surface area (Å²) in [6.45, 7) is 7.97. The third-order valence-corrected chi connectivity index (χ3v) is 4.02. The molecule has 1 heterocycles. The minimum absolute atomic E-state index is 0.148. The second-order valence-corrected chi connectivity index (χ2v) is 6.14. The highest BCUT2D eigenvalue weighted by Gasteiger charge is 2.24. The zero-order valence-electron chi connectivity index (χ0n) is 13.6. The Kier molecular flexibility index (Phi) is 5.21. The molecule has 1 aliphatic rings. The van der Waals surface area contributed by atoms with Gasteiger partial charge in [0.1, 0.15) is 0 Å². The lowest BCUT2D eigenvalue weighted by Crippen LogP contribution is -2.15. The molecule has 0 atom stereocenters. The maximum Gasteiger partial charge on any atom is 0.337 e. The first-order chi connectivity index (χ1) is 10.0. The molecule has 0 unspecified atom stereocenters. The van der Waals surface area contributed by atoms with Crippen LogP contribution >= 0.6 is 0 Å². The van der Waals surface area contributed by atoms with Crippen LogP contribution < -0.4 is 0 Å². The van der Waals surface area contributed by atoms with Gasteiger partial charge in [-0.25, -0.2) is 4.79 Å². The fourth-order valence-electron chi connectivity index (χ4n) is 2.79. The molecule has 0 aliphatic heterocycles. The highest BCUT2D eigenvalue weighted by molar-refractivity contribution is 6.04. The van der Waals surface area contributed by atoms with E-state index in [1.165, 1.54) is 35.4 Å². The fourth-order valence-corrected chi connectivity index (χ4v) is 2.79. The number of aromatic amines is 1. The number of carbonyl (C=O) groups excluding carboxylic acids is 1. The quantitative estimate of drug-likeness (QED) is 0.660. The summed E-state index contributed by atoms with van der Waals surface area (Å²) in [4.78, 5) is 20.2. The second kappa shape index (κ2) is 6.92. The van der Waals surface area contributed by atoms with Crippen LogP contribution in [0.5, 0.6) is 0 Å². The minimum Gasteiger partial charge on any atom is -0.362 e. The number of fused-ring (bicyclic) bond motifs is 1. The monoisotopic (exact) mass is 290 g/mol. The van der Waals surface area contributed by atoms with E-state index in [4.69, 9.17) is 4.84 Å². The SMILES string of the molecule is CCCCc1c(C)[nH]c2c1/C(=N\OC(=O)C(C)C)CCC2. The number of H-pyrrole nitrogens is 1. The zero-order valence-corrected chi connectivity index (χ0v) is 13.6. The average molecular weight is 290 g/mol. The summed E-state index contributed by atoms with van der Waals surface area (Å²) < 4.78 is 0. The lowest BCUT2D eigenvalue weighted by Gasteiger charge is -2.15. The largest absolute Gasteiger partial charge is 0.362 e. The smallest absolute Gasteiger partial charge is 0.337 e. The third kappa shape index (κ3) is 3.55. The van der Waals surface area contributed by atoms with E-state index in [2.05, 4.69) is 24.0 Å². The average Bonchev–Trinajstić information content (AvgIpc) is 2.78. The Morgan fingerprint density at radius 3 is 2.81 bits per heavy atom. The number of oxime groups is 1. The summed E-state index contributed by atoms with van der Waals surface area (Å²) in [5, 5.41) is 4.17. The highest BCUT2D eigenvalue weighted by Crippen LogP contribution is 2.28. The molecule has 1 aromatic heterocycles. The number of rotatable bonds is 5. The first kappa shape index (κ1) is 15.8. The van der Waals surface area contributed by atoms with Crippen molar-refractivity contribution in [1.82, 2.24) is 4.98 Å². The zero-order chi connectivity index (χ0) is 15.4. The van der Waals surface area contributed by atoms with Crippen LogP contribution in [0, 0.1) is 12.8 Å². The van der Waals surface area contributed by atoms with E-state index in [0.717, 1.165) is 31.4 Å². The van der Waals surface area contributed by atoms with Crippen molar-refractivity contribution in [2.75, 3.05) is 0 Å². The van der Waals surface area contributed by atoms with Gasteiger partial charge < -0.3 is 9.82 Å². The number of aromatic nitrogens is 1. The van der Waals surface area contributed by atoms with Crippen molar-refractivity contribution >= 4 is 11.7 Å². The Morgan fingerprint density at radius 1 is 1.38 bits per heavy atom. The number of unbranched alkanes of at least 4 members (excludes halogenated alkanes) is 1. The summed E-state index contributed by atoms with van der Waals surface area (Å²) in [5.74, 6) is -0.415. The summed E-state index contributed by atoms with van der Waals surface area (Å²) in [7, 11) is 0. The molecule has 1 aromatic rings. The van der Waals surface area contributed by atoms with Gasteiger partial charge in [0.15, 0.2) is 0 Å². The lowest BCUT2D eigenvalue weighted by atomic mass is 9.91. The molecular weight excluding hydrogens is 264 g/mol. The van der Waals surface area contributed by atoms with Gasteiger partial charge in [0.2, 0.25) is 0 Å². The van der Waals surface area contributed by atoms with E-state index < -0.39 is 0 Å². The van der Waals surface area contributed by atoms with Crippen LogP contribution in [0.25, 0.3) is 0 Å². The standard InChI is InChI=1S/C17H26N2O2/c1-5-6-8-13-12(4)18-14-9-7-10-15(16(13)14)19-21-17(20)11(2)3/h11,18H,5-10H2,1-4H3/b19-15-. The molecular formula is C17H26N2O2. The summed E-state index contributed by atoms with van der Waals surface area (Å²) in [5.41, 5.74) is 5.98. The summed E-state index contributed by atoms with van der Waals surface area (Å²) in [6.07, 6.45) is 6.40. The van der Waals surface area contributed by atoms with Gasteiger partial charge in [-0.3, -0.25) is 0 Å². The van der Waals surface area contributed by atoms with Gasteiger partial charge in [-0.2, -0.15) is 0 Å². The van der Waals surface area contributed by atoms with E-state index in [1.807, 2.05) is 13.8 Å². The normalized spacial score (nSPS) is 16.3. The molecule has 0 spiro atoms. The number of nitrogens with one attached hydrogen (secondary N) is 1. The summed E-state index contributed by atoms with van der Waals surface area (Å²) >= 11 is 0. The number of hydrogen-bond acceptors (Lipinski definition) is 3. The number of aryl methyl sites for hydroxylation is 2. The van der Waals surface area contributed by atoms with E-state index in [-0.39, 0.29) is 11.9 Å². The van der Waals surface area contributed by atoms with Crippen LogP contribution in [0.3, 0.4) is 0 Å². The molecule has 0 aromatic carbocycles. The number of nitrogens with zero attached hydrogens (tertiary/aromatic N) is 1. The van der Waals surface area contributed by atoms with E-state index in [9.17, 15) is 4.79 Å². The fraction of sp³-hybridized carbons (Fsp3) is 0.647. The first-order valence-corrected chi connectivity index (χ1v) is 8.03. The molecule has 21 heavy (non-hydrogen) atoms. The third-order valence-electron chi connectivity index (χ3n) is 4.02. The first-order valence-electron chi connectivity index (χ1n) is 8.03. The molecule has 1 N–H and O–H groups in total. The van der Waals surface area contributed by atoms with Crippen molar-refractivity contribution in [2.24, 2.45) is 11.1 Å². The molecule has 0 saturated heterocycles. The van der Waals surface area contributed by atoms with Crippen LogP contribution in [-0.2, 0) is 22.5 Å². The number of carbonyl (C=O) groups is 1. The van der Waals surface area contributed by atoms with Crippen molar-refractivity contribution in [3.63, 3.8) is 0 Å². The Hall–Kier alpha value is -1.58. The lowest BCUT2D eigenvalue weighted by molar-refractivity contribution is -0.147. The van der Waals surface area contributed by atoms with Gasteiger partial charge in [0, 0.05) is 17.0 Å². The molecule has 0 fully saturated rings. The Balaban J connectivity index is 2.28. The van der Waals surface area contributed by atoms with Crippen molar-refractivity contribution < 1.29 is 9.63 Å². The van der Waals surface area contributed by atoms with Crippen LogP contribution in [-0.4, -0.2) is 16.7 Å². The Bertz CT molecular complexity index is 541. The molecule has 116 valence electrons. The predicted molar refractivity (Wildman–Crippen MR) is 84.5 cm³/mol. The molecule has 0 amide bonds. The van der Waals surface area contributed by atoms with E-state index in [0.29, 0.717) is 0 Å². The molecule has 0 radical (unpaired) electrons. The van der Waals surface area contributed by atoms with Crippen molar-refractivity contribution in [3.8, 4) is 0 Å². The minimum atomic E-state index is -0.267. The van der Waals surface area contributed by atoms with Gasteiger partial charge in [0.05, 0.1) is 11.6 Å². The maximum absolute atomic E-state index is 11.6. The van der Waals surface area contributed by atoms with Gasteiger partial charge in [-0.1, -0.05) is 32.3 Å². The van der Waals surface area contributed by atoms with Crippen LogP contribution in [0.1, 0.15) is 69.0 Å². The summed E-state index contributed by atoms with van der Waals surface area (Å²) in [6, 6.07) is 0. The van der Waals surface area contributed by atoms with Gasteiger partial charge in [0.25, 0.3) is 0 Å². The predicted octanol–water partition coefficient (Wildman–Crippen LogP) is 3.91. The van der Waals surface area contributed by atoms with E-state index >= 15 is 0 Å². The molecule has 0 bridgehead atoms. The second-order valence-electron chi connectivity index (χ2n) is 6.14. The maximum atomic E-state index is 11.6. The highest BCUT2D eigenvalue weighted by atomic mass is 16.7. The van der Waals surface area contributed by atoms with Gasteiger partial charge in [-0.15, -0.1) is 0 Å². The van der Waals surface area contributed by atoms with Crippen LogP contribution in [0.4, 0.5) is 0 Å². The molecule has 4 nitrogen and oxygen atoms in total. The molecule has 0 saturated carbocycles. The van der Waals surface area contributed by atoms with Crippen LogP contribution in [0.15, 0.2) is 5.16 Å². The Morgan fingerprint density at radius 2 is 2.14 bits per heavy atom. The number of hydrogen-bond donors (Lipinski definition) is 1. The molecule has 4 heteroatoms. The Labute approximate surface area is 127 Å². The topological polar surface area (TPSA) is 54.4 Å². The van der Waals surface area contributed by atoms with E-state index in [1.54, 1.807) is 0 Å².